The monoisotopic (exact) mass is 292 g/mol. The van der Waals surface area contributed by atoms with Crippen LogP contribution in [0.2, 0.25) is 0 Å². The summed E-state index contributed by atoms with van der Waals surface area (Å²) in [4.78, 5) is 0. The molecule has 0 radical (unpaired) electrons. The van der Waals surface area contributed by atoms with Gasteiger partial charge in [0.1, 0.15) is 11.4 Å². The Hall–Kier alpha value is -0.680. The van der Waals surface area contributed by atoms with E-state index in [0.29, 0.717) is 11.4 Å². The molecule has 0 unspecified atom stereocenters. The van der Waals surface area contributed by atoms with Crippen molar-refractivity contribution in [1.82, 2.24) is 0 Å². The Labute approximate surface area is 167 Å². The van der Waals surface area contributed by atoms with Crippen LogP contribution in [0.4, 0.5) is 11.4 Å². The van der Waals surface area contributed by atoms with Gasteiger partial charge in [0.25, 0.3) is 0 Å². The topological polar surface area (TPSA) is 45.0 Å². The summed E-state index contributed by atoms with van der Waals surface area (Å²) < 4.78 is 0. The number of rotatable bonds is 2. The average Bonchev–Trinajstić information content (AvgIpc) is 2.47. The normalized spacial score (nSPS) is 10.1. The Morgan fingerprint density at radius 3 is 2.43 bits per heavy atom. The van der Waals surface area contributed by atoms with Crippen molar-refractivity contribution in [2.45, 2.75) is 0 Å². The fourth-order valence-corrected chi connectivity index (χ4v) is 1.84. The second-order valence-corrected chi connectivity index (χ2v) is 4.04. The number of benzene rings is 3. The zero-order valence-electron chi connectivity index (χ0n) is 12.0. The molecule has 0 heterocycles. The summed E-state index contributed by atoms with van der Waals surface area (Å²) >= 11 is 0. The second kappa shape index (κ2) is 8.69. The molecule has 0 saturated heterocycles. The molecule has 0 aromatic heterocycles. The van der Waals surface area contributed by atoms with Gasteiger partial charge in [0.15, 0.2) is 0 Å². The zero-order chi connectivity index (χ0) is 13.1. The van der Waals surface area contributed by atoms with Gasteiger partial charge in [-0.2, -0.15) is 53.6 Å². The molecular formula is C16H10N2Na2O. The Bertz CT molecular complexity index is 746. The van der Waals surface area contributed by atoms with E-state index in [9.17, 15) is 5.11 Å². The molecule has 21 heavy (non-hydrogen) atoms. The molecule has 5 heteroatoms. The van der Waals surface area contributed by atoms with Gasteiger partial charge >= 0.3 is 59.1 Å². The minimum absolute atomic E-state index is 0. The molecular weight excluding hydrogens is 282 g/mol. The van der Waals surface area contributed by atoms with E-state index >= 15 is 0 Å². The van der Waals surface area contributed by atoms with Gasteiger partial charge in [-0.3, -0.25) is 0 Å². The van der Waals surface area contributed by atoms with E-state index in [1.807, 2.05) is 30.3 Å². The summed E-state index contributed by atoms with van der Waals surface area (Å²) in [7, 11) is 0. The molecule has 0 atom stereocenters. The van der Waals surface area contributed by atoms with Crippen LogP contribution in [0, 0.1) is 12.1 Å². The molecule has 0 aliphatic heterocycles. The third-order valence-electron chi connectivity index (χ3n) is 2.77. The van der Waals surface area contributed by atoms with E-state index in [-0.39, 0.29) is 64.9 Å². The fourth-order valence-electron chi connectivity index (χ4n) is 1.84. The minimum Gasteiger partial charge on any atom is -0.506 e. The number of hydrogen-bond donors (Lipinski definition) is 1. The van der Waals surface area contributed by atoms with Gasteiger partial charge < -0.3 is 5.11 Å². The summed E-state index contributed by atoms with van der Waals surface area (Å²) in [6, 6.07) is 22.1. The molecule has 0 amide bonds. The van der Waals surface area contributed by atoms with Crippen molar-refractivity contribution >= 4 is 22.1 Å². The molecule has 92 valence electrons. The standard InChI is InChI=1S/C16H10N2O.2Na/c19-15-11-10-12-6-4-5-9-14(12)16(15)18-17-13-7-2-1-3-8-13;;/h1-2,5-11,19H;;/q-2;2*+1. The Morgan fingerprint density at radius 1 is 0.857 bits per heavy atom. The maximum Gasteiger partial charge on any atom is 1.00 e. The molecule has 3 aromatic carbocycles. The van der Waals surface area contributed by atoms with Gasteiger partial charge in [-0.15, -0.1) is 17.5 Å². The van der Waals surface area contributed by atoms with Crippen LogP contribution >= 0.6 is 0 Å². The van der Waals surface area contributed by atoms with Gasteiger partial charge in [-0.1, -0.05) is 5.39 Å². The third-order valence-corrected chi connectivity index (χ3v) is 2.77. The van der Waals surface area contributed by atoms with E-state index in [0.717, 1.165) is 10.8 Å². The summed E-state index contributed by atoms with van der Waals surface area (Å²) in [5, 5.41) is 20.0. The van der Waals surface area contributed by atoms with Crippen LogP contribution in [0.1, 0.15) is 0 Å². The van der Waals surface area contributed by atoms with E-state index < -0.39 is 0 Å². The average molecular weight is 292 g/mol. The molecule has 0 spiro atoms. The largest absolute Gasteiger partial charge is 1.00 e. The first-order valence-corrected chi connectivity index (χ1v) is 5.84. The molecule has 0 aliphatic carbocycles. The van der Waals surface area contributed by atoms with Gasteiger partial charge in [-0.25, -0.2) is 5.11 Å². The SMILES string of the molecule is Oc1ccc2c[c-]ccc2c1N=Nc1c[c-]ccc1.[Na+].[Na+]. The zero-order valence-corrected chi connectivity index (χ0v) is 16.0. The number of phenols is 1. The van der Waals surface area contributed by atoms with Crippen molar-refractivity contribution in [3.05, 3.63) is 66.7 Å². The molecule has 0 aliphatic rings. The molecule has 3 rings (SSSR count). The van der Waals surface area contributed by atoms with Crippen LogP contribution in [-0.2, 0) is 0 Å². The Kier molecular flexibility index (Phi) is 7.60. The summed E-state index contributed by atoms with van der Waals surface area (Å²) in [5.74, 6) is 0.113. The molecule has 0 bridgehead atoms. The summed E-state index contributed by atoms with van der Waals surface area (Å²) in [6.45, 7) is 0. The Morgan fingerprint density at radius 2 is 1.67 bits per heavy atom. The van der Waals surface area contributed by atoms with Crippen LogP contribution in [0.3, 0.4) is 0 Å². The maximum absolute atomic E-state index is 9.91. The van der Waals surface area contributed by atoms with Gasteiger partial charge in [0.05, 0.1) is 0 Å². The first-order chi connectivity index (χ1) is 9.34. The first kappa shape index (κ1) is 18.4. The van der Waals surface area contributed by atoms with Crippen molar-refractivity contribution < 1.29 is 64.2 Å². The van der Waals surface area contributed by atoms with Crippen molar-refractivity contribution in [2.24, 2.45) is 10.2 Å². The predicted molar refractivity (Wildman–Crippen MR) is 73.9 cm³/mol. The number of fused-ring (bicyclic) bond motifs is 1. The van der Waals surface area contributed by atoms with Gasteiger partial charge in [-0.05, 0) is 11.8 Å². The number of aromatic hydroxyl groups is 1. The van der Waals surface area contributed by atoms with Crippen LogP contribution in [0.25, 0.3) is 10.8 Å². The van der Waals surface area contributed by atoms with Crippen molar-refractivity contribution in [3.8, 4) is 5.75 Å². The molecule has 1 N–H and O–H groups in total. The fraction of sp³-hybridized carbons (Fsp3) is 0. The van der Waals surface area contributed by atoms with E-state index in [4.69, 9.17) is 0 Å². The smallest absolute Gasteiger partial charge is 0.506 e. The Balaban J connectivity index is 0.00000110. The number of phenolic OH excluding ortho intramolecular Hbond substituents is 1. The quantitative estimate of drug-likeness (QED) is 0.351. The third kappa shape index (κ3) is 4.39. The van der Waals surface area contributed by atoms with Gasteiger partial charge in [0.2, 0.25) is 0 Å². The van der Waals surface area contributed by atoms with Gasteiger partial charge in [0, 0.05) is 0 Å². The van der Waals surface area contributed by atoms with E-state index in [1.54, 1.807) is 24.3 Å². The van der Waals surface area contributed by atoms with Crippen molar-refractivity contribution in [1.29, 1.82) is 0 Å². The second-order valence-electron chi connectivity index (χ2n) is 4.04. The van der Waals surface area contributed by atoms with Crippen LogP contribution in [0.5, 0.6) is 5.75 Å². The minimum atomic E-state index is 0. The summed E-state index contributed by atoms with van der Waals surface area (Å²) in [6.07, 6.45) is 0. The van der Waals surface area contributed by atoms with E-state index in [2.05, 4.69) is 22.4 Å². The van der Waals surface area contributed by atoms with Crippen LogP contribution < -0.4 is 59.1 Å². The number of hydrogen-bond acceptors (Lipinski definition) is 3. The van der Waals surface area contributed by atoms with E-state index in [1.165, 1.54) is 0 Å². The first-order valence-electron chi connectivity index (χ1n) is 5.84. The predicted octanol–water partition coefficient (Wildman–Crippen LogP) is -1.43. The van der Waals surface area contributed by atoms with Crippen LogP contribution in [-0.4, -0.2) is 5.11 Å². The van der Waals surface area contributed by atoms with Crippen LogP contribution in [0.15, 0.2) is 64.8 Å². The molecule has 3 aromatic rings. The molecule has 0 saturated carbocycles. The van der Waals surface area contributed by atoms with Crippen molar-refractivity contribution in [3.63, 3.8) is 0 Å². The number of nitrogens with zero attached hydrogens (tertiary/aromatic N) is 2. The van der Waals surface area contributed by atoms with Crippen molar-refractivity contribution in [2.75, 3.05) is 0 Å². The molecule has 3 nitrogen and oxygen atoms in total. The summed E-state index contributed by atoms with van der Waals surface area (Å²) in [5.41, 5.74) is 1.16. The molecule has 0 fully saturated rings. The maximum atomic E-state index is 9.91. The number of azo groups is 1.